The molecule has 4 bridgehead atoms. The van der Waals surface area contributed by atoms with E-state index < -0.39 is 0 Å². The van der Waals surface area contributed by atoms with Crippen molar-refractivity contribution in [2.24, 2.45) is 0 Å². The van der Waals surface area contributed by atoms with Gasteiger partial charge in [-0.25, -0.2) is 0 Å². The van der Waals surface area contributed by atoms with E-state index in [1.807, 2.05) is 89.6 Å². The second-order valence-corrected chi connectivity index (χ2v) is 11.3. The first kappa shape index (κ1) is 28.4. The number of amides is 3. The summed E-state index contributed by atoms with van der Waals surface area (Å²) in [6.45, 7) is 1.80. The van der Waals surface area contributed by atoms with Crippen LogP contribution in [0.15, 0.2) is 85.2 Å². The van der Waals surface area contributed by atoms with Crippen molar-refractivity contribution in [1.82, 2.24) is 25.4 Å². The third-order valence-electron chi connectivity index (χ3n) is 8.13. The predicted molar refractivity (Wildman–Crippen MR) is 165 cm³/mol. The molecule has 2 atom stereocenters. The molecule has 3 aromatic carbocycles. The summed E-state index contributed by atoms with van der Waals surface area (Å²) in [6, 6.07) is 23.1. The van der Waals surface area contributed by atoms with Crippen LogP contribution in [0.4, 0.5) is 0 Å². The molecule has 0 radical (unpaired) electrons. The minimum atomic E-state index is -0.215. The van der Waals surface area contributed by atoms with Crippen LogP contribution in [0.5, 0.6) is 5.75 Å². The molecule has 2 N–H and O–H groups in total. The van der Waals surface area contributed by atoms with Crippen LogP contribution in [0.2, 0.25) is 0 Å². The van der Waals surface area contributed by atoms with Crippen molar-refractivity contribution >= 4 is 28.5 Å². The highest BCUT2D eigenvalue weighted by Gasteiger charge is 2.36. The molecule has 9 heteroatoms. The van der Waals surface area contributed by atoms with Gasteiger partial charge in [0.1, 0.15) is 12.4 Å². The molecule has 1 fully saturated rings. The SMILES string of the molecule is CN1CCNC(=O)c2cncc(c2)-c2cccc(c2)OC[C@@H]2C[C@@H](NC(=O)Cc3cccc4ccccc34)CN2C(=O)C1. The number of ether oxygens (including phenoxy) is 1. The molecular formula is C34H35N5O4. The van der Waals surface area contributed by atoms with Gasteiger partial charge in [-0.1, -0.05) is 54.6 Å². The summed E-state index contributed by atoms with van der Waals surface area (Å²) >= 11 is 0. The number of carbonyl (C=O) groups is 3. The molecular weight excluding hydrogens is 542 g/mol. The monoisotopic (exact) mass is 577 g/mol. The Kier molecular flexibility index (Phi) is 8.33. The lowest BCUT2D eigenvalue weighted by Gasteiger charge is -2.27. The van der Waals surface area contributed by atoms with Gasteiger partial charge in [-0.15, -0.1) is 0 Å². The second-order valence-electron chi connectivity index (χ2n) is 11.3. The third-order valence-corrected chi connectivity index (χ3v) is 8.13. The fraction of sp³-hybridized carbons (Fsp3) is 0.294. The number of rotatable bonds is 3. The Bertz CT molecular complexity index is 1650. The maximum absolute atomic E-state index is 13.5. The van der Waals surface area contributed by atoms with Crippen molar-refractivity contribution in [3.63, 3.8) is 0 Å². The maximum atomic E-state index is 13.5. The van der Waals surface area contributed by atoms with E-state index in [0.29, 0.717) is 44.0 Å². The highest BCUT2D eigenvalue weighted by Crippen LogP contribution is 2.26. The lowest BCUT2D eigenvalue weighted by Crippen LogP contribution is -2.46. The molecule has 3 heterocycles. The first-order valence-electron chi connectivity index (χ1n) is 14.6. The topological polar surface area (TPSA) is 104 Å². The number of nitrogens with zero attached hydrogens (tertiary/aromatic N) is 3. The highest BCUT2D eigenvalue weighted by molar-refractivity contribution is 5.95. The Labute approximate surface area is 250 Å². The Morgan fingerprint density at radius 2 is 1.81 bits per heavy atom. The number of aromatic nitrogens is 1. The molecule has 9 nitrogen and oxygen atoms in total. The zero-order valence-corrected chi connectivity index (χ0v) is 24.2. The standard InChI is InChI=1S/C34H35N5O4/c1-38-13-12-36-34(42)27-14-26(18-35-19-27)24-8-5-10-30(15-24)43-22-29-17-28(20-39(29)33(41)21-38)37-32(40)16-25-9-4-7-23-6-2-3-11-31(23)25/h2-11,14-15,18-19,28-29H,12-13,16-17,20-22H2,1H3,(H,36,42)(H,37,40)/t28-,29+/m1/s1. The first-order chi connectivity index (χ1) is 20.9. The number of fused-ring (bicyclic) bond motifs is 7. The van der Waals surface area contributed by atoms with Crippen molar-refractivity contribution in [1.29, 1.82) is 0 Å². The number of hydrogen-bond donors (Lipinski definition) is 2. The minimum Gasteiger partial charge on any atom is -0.491 e. The molecule has 0 unspecified atom stereocenters. The average Bonchev–Trinajstić information content (AvgIpc) is 3.42. The molecule has 43 heavy (non-hydrogen) atoms. The summed E-state index contributed by atoms with van der Waals surface area (Å²) in [5, 5.41) is 8.27. The smallest absolute Gasteiger partial charge is 0.252 e. The zero-order chi connectivity index (χ0) is 29.8. The Morgan fingerprint density at radius 1 is 1.00 bits per heavy atom. The van der Waals surface area contributed by atoms with E-state index in [1.165, 1.54) is 0 Å². The molecule has 3 amide bonds. The summed E-state index contributed by atoms with van der Waals surface area (Å²) in [4.78, 5) is 47.4. The van der Waals surface area contributed by atoms with Gasteiger partial charge in [0.25, 0.3) is 5.91 Å². The van der Waals surface area contributed by atoms with Gasteiger partial charge in [0, 0.05) is 43.6 Å². The van der Waals surface area contributed by atoms with Crippen LogP contribution >= 0.6 is 0 Å². The van der Waals surface area contributed by atoms with Gasteiger partial charge in [-0.3, -0.25) is 24.3 Å². The van der Waals surface area contributed by atoms with Crippen LogP contribution in [0, 0.1) is 0 Å². The van der Waals surface area contributed by atoms with E-state index >= 15 is 0 Å². The fourth-order valence-corrected chi connectivity index (χ4v) is 5.93. The molecule has 1 aromatic heterocycles. The molecule has 6 rings (SSSR count). The second kappa shape index (κ2) is 12.6. The number of benzene rings is 3. The van der Waals surface area contributed by atoms with Crippen molar-refractivity contribution in [3.8, 4) is 16.9 Å². The van der Waals surface area contributed by atoms with Crippen LogP contribution in [-0.2, 0) is 16.0 Å². The van der Waals surface area contributed by atoms with Gasteiger partial charge < -0.3 is 20.3 Å². The summed E-state index contributed by atoms with van der Waals surface area (Å²) in [6.07, 6.45) is 4.13. The predicted octanol–water partition coefficient (Wildman–Crippen LogP) is 3.28. The highest BCUT2D eigenvalue weighted by atomic mass is 16.5. The number of pyridine rings is 1. The molecule has 220 valence electrons. The molecule has 0 aliphatic carbocycles. The lowest BCUT2D eigenvalue weighted by atomic mass is 10.0. The van der Waals surface area contributed by atoms with Crippen LogP contribution < -0.4 is 15.4 Å². The maximum Gasteiger partial charge on any atom is 0.252 e. The van der Waals surface area contributed by atoms with E-state index in [2.05, 4.69) is 15.6 Å². The van der Waals surface area contributed by atoms with Gasteiger partial charge >= 0.3 is 0 Å². The molecule has 4 aromatic rings. The van der Waals surface area contributed by atoms with Crippen LogP contribution in [0.1, 0.15) is 22.3 Å². The average molecular weight is 578 g/mol. The Balaban J connectivity index is 1.19. The van der Waals surface area contributed by atoms with E-state index in [-0.39, 0.29) is 42.8 Å². The van der Waals surface area contributed by atoms with Crippen LogP contribution in [0.25, 0.3) is 21.9 Å². The number of nitrogens with one attached hydrogen (secondary N) is 2. The molecule has 2 aliphatic heterocycles. The Hall–Kier alpha value is -4.76. The Morgan fingerprint density at radius 3 is 2.72 bits per heavy atom. The molecule has 1 saturated heterocycles. The first-order valence-corrected chi connectivity index (χ1v) is 14.6. The summed E-state index contributed by atoms with van der Waals surface area (Å²) in [5.74, 6) is 0.334. The normalized spacial score (nSPS) is 19.7. The van der Waals surface area contributed by atoms with Crippen molar-refractivity contribution in [2.45, 2.75) is 24.9 Å². The number of likely N-dealkylation sites (N-methyl/N-ethyl adjacent to an activating group) is 1. The van der Waals surface area contributed by atoms with Gasteiger partial charge in [0.15, 0.2) is 0 Å². The largest absolute Gasteiger partial charge is 0.491 e. The van der Waals surface area contributed by atoms with Gasteiger partial charge in [-0.2, -0.15) is 0 Å². The molecule has 0 saturated carbocycles. The van der Waals surface area contributed by atoms with Crippen molar-refractivity contribution < 1.29 is 19.1 Å². The summed E-state index contributed by atoms with van der Waals surface area (Å²) < 4.78 is 6.23. The van der Waals surface area contributed by atoms with Gasteiger partial charge in [0.05, 0.1) is 24.6 Å². The zero-order valence-electron chi connectivity index (χ0n) is 24.2. The summed E-state index contributed by atoms with van der Waals surface area (Å²) in [7, 11) is 1.86. The number of carbonyl (C=O) groups excluding carboxylic acids is 3. The van der Waals surface area contributed by atoms with Gasteiger partial charge in [0.2, 0.25) is 11.8 Å². The van der Waals surface area contributed by atoms with Crippen LogP contribution in [-0.4, -0.2) is 84.4 Å². The molecule has 2 aliphatic rings. The van der Waals surface area contributed by atoms with E-state index in [9.17, 15) is 14.4 Å². The van der Waals surface area contributed by atoms with Crippen molar-refractivity contribution in [3.05, 3.63) is 96.3 Å². The van der Waals surface area contributed by atoms with E-state index in [1.54, 1.807) is 12.4 Å². The van der Waals surface area contributed by atoms with Gasteiger partial charge in [-0.05, 0) is 53.6 Å². The van der Waals surface area contributed by atoms with Crippen molar-refractivity contribution in [2.75, 3.05) is 39.8 Å². The van der Waals surface area contributed by atoms with E-state index in [0.717, 1.165) is 27.5 Å². The fourth-order valence-electron chi connectivity index (χ4n) is 5.93. The third kappa shape index (κ3) is 6.67. The number of hydrogen-bond acceptors (Lipinski definition) is 6. The quantitative estimate of drug-likeness (QED) is 0.388. The summed E-state index contributed by atoms with van der Waals surface area (Å²) in [5.41, 5.74) is 3.14. The minimum absolute atomic E-state index is 0.0397. The lowest BCUT2D eigenvalue weighted by molar-refractivity contribution is -0.133. The van der Waals surface area contributed by atoms with E-state index in [4.69, 9.17) is 4.74 Å². The molecule has 0 spiro atoms. The van der Waals surface area contributed by atoms with Crippen LogP contribution in [0.3, 0.4) is 0 Å².